The third-order valence-electron chi connectivity index (χ3n) is 2.80. The number of alkyl halides is 3. The van der Waals surface area contributed by atoms with E-state index in [1.807, 2.05) is 0 Å². The van der Waals surface area contributed by atoms with Gasteiger partial charge in [-0.2, -0.15) is 13.2 Å². The summed E-state index contributed by atoms with van der Waals surface area (Å²) >= 11 is 0. The van der Waals surface area contributed by atoms with E-state index in [2.05, 4.69) is 5.32 Å². The van der Waals surface area contributed by atoms with E-state index < -0.39 is 17.6 Å². The third kappa shape index (κ3) is 4.18. The van der Waals surface area contributed by atoms with Crippen LogP contribution >= 0.6 is 0 Å². The highest BCUT2D eigenvalue weighted by Gasteiger charge is 2.30. The van der Waals surface area contributed by atoms with Crippen LogP contribution < -0.4 is 5.32 Å². The van der Waals surface area contributed by atoms with Crippen LogP contribution in [0, 0.1) is 5.82 Å². The van der Waals surface area contributed by atoms with Gasteiger partial charge in [0.25, 0.3) is 0 Å². The van der Waals surface area contributed by atoms with Gasteiger partial charge < -0.3 is 5.32 Å². The molecular formula is C16H11F4NO. The van der Waals surface area contributed by atoms with E-state index in [9.17, 15) is 22.4 Å². The summed E-state index contributed by atoms with van der Waals surface area (Å²) < 4.78 is 50.3. The Morgan fingerprint density at radius 3 is 2.36 bits per heavy atom. The van der Waals surface area contributed by atoms with Crippen LogP contribution in [0.3, 0.4) is 0 Å². The molecule has 0 fully saturated rings. The van der Waals surface area contributed by atoms with Crippen LogP contribution in [0.4, 0.5) is 23.2 Å². The number of rotatable bonds is 4. The number of carbonyl (C=O) groups is 1. The van der Waals surface area contributed by atoms with Gasteiger partial charge in [0.15, 0.2) is 5.78 Å². The Morgan fingerprint density at radius 2 is 1.73 bits per heavy atom. The predicted octanol–water partition coefficient (Wildman–Crippen LogP) is 4.65. The van der Waals surface area contributed by atoms with Crippen molar-refractivity contribution >= 4 is 11.5 Å². The Morgan fingerprint density at radius 1 is 1.05 bits per heavy atom. The number of benzene rings is 2. The van der Waals surface area contributed by atoms with Crippen LogP contribution in [0.2, 0.25) is 0 Å². The summed E-state index contributed by atoms with van der Waals surface area (Å²) in [7, 11) is 0. The maximum atomic E-state index is 12.7. The summed E-state index contributed by atoms with van der Waals surface area (Å²) in [5.74, 6) is -0.845. The zero-order valence-corrected chi connectivity index (χ0v) is 11.2. The fourth-order valence-corrected chi connectivity index (χ4v) is 1.71. The van der Waals surface area contributed by atoms with Crippen molar-refractivity contribution in [2.24, 2.45) is 0 Å². The number of ketones is 1. The molecule has 2 rings (SSSR count). The Kier molecular flexibility index (Phi) is 4.60. The average molecular weight is 309 g/mol. The normalized spacial score (nSPS) is 11.6. The summed E-state index contributed by atoms with van der Waals surface area (Å²) in [4.78, 5) is 11.7. The molecule has 0 heterocycles. The Balaban J connectivity index is 2.03. The van der Waals surface area contributed by atoms with Gasteiger partial charge in [0.05, 0.1) is 5.56 Å². The fourth-order valence-electron chi connectivity index (χ4n) is 1.71. The van der Waals surface area contributed by atoms with Gasteiger partial charge in [-0.15, -0.1) is 0 Å². The number of hydrogen-bond acceptors (Lipinski definition) is 2. The molecule has 0 aliphatic carbocycles. The second kappa shape index (κ2) is 6.43. The van der Waals surface area contributed by atoms with E-state index in [4.69, 9.17) is 0 Å². The molecule has 0 amide bonds. The molecule has 2 nitrogen and oxygen atoms in total. The molecule has 114 valence electrons. The summed E-state index contributed by atoms with van der Waals surface area (Å²) in [6.45, 7) is 0. The molecule has 0 radical (unpaired) electrons. The lowest BCUT2D eigenvalue weighted by Gasteiger charge is -2.08. The minimum Gasteiger partial charge on any atom is -0.362 e. The Bertz CT molecular complexity index is 690. The second-order valence-corrected chi connectivity index (χ2v) is 4.43. The first-order valence-electron chi connectivity index (χ1n) is 6.26. The van der Waals surface area contributed by atoms with Crippen molar-refractivity contribution in [2.45, 2.75) is 6.18 Å². The lowest BCUT2D eigenvalue weighted by Crippen LogP contribution is -2.05. The van der Waals surface area contributed by atoms with Crippen LogP contribution in [-0.4, -0.2) is 5.78 Å². The second-order valence-electron chi connectivity index (χ2n) is 4.43. The Hall–Kier alpha value is -2.63. The quantitative estimate of drug-likeness (QED) is 0.506. The number of halogens is 4. The molecule has 0 unspecified atom stereocenters. The third-order valence-corrected chi connectivity index (χ3v) is 2.80. The van der Waals surface area contributed by atoms with Crippen LogP contribution in [0.25, 0.3) is 0 Å². The van der Waals surface area contributed by atoms with Crippen molar-refractivity contribution in [3.8, 4) is 0 Å². The first-order chi connectivity index (χ1) is 10.4. The van der Waals surface area contributed by atoms with Crippen LogP contribution in [0.1, 0.15) is 15.9 Å². The molecule has 0 saturated carbocycles. The number of anilines is 1. The summed E-state index contributed by atoms with van der Waals surface area (Å²) in [6.07, 6.45) is -2.03. The van der Waals surface area contributed by atoms with Crippen LogP contribution in [0.5, 0.6) is 0 Å². The van der Waals surface area contributed by atoms with Crippen molar-refractivity contribution in [3.05, 3.63) is 77.8 Å². The molecule has 1 N–H and O–H groups in total. The molecule has 6 heteroatoms. The fraction of sp³-hybridized carbons (Fsp3) is 0.0625. The lowest BCUT2D eigenvalue weighted by molar-refractivity contribution is -0.137. The molecule has 22 heavy (non-hydrogen) atoms. The molecule has 0 aliphatic heterocycles. The lowest BCUT2D eigenvalue weighted by atomic mass is 10.1. The zero-order chi connectivity index (χ0) is 16.2. The van der Waals surface area contributed by atoms with Gasteiger partial charge in [0.2, 0.25) is 0 Å². The summed E-state index contributed by atoms with van der Waals surface area (Å²) in [5.41, 5.74) is -0.294. The van der Waals surface area contributed by atoms with Gasteiger partial charge in [-0.3, -0.25) is 4.79 Å². The SMILES string of the molecule is O=C(C=CNc1cccc(C(F)(F)F)c1)c1ccc(F)cc1. The smallest absolute Gasteiger partial charge is 0.362 e. The van der Waals surface area contributed by atoms with Crippen LogP contribution in [-0.2, 0) is 6.18 Å². The van der Waals surface area contributed by atoms with Gasteiger partial charge in [0.1, 0.15) is 5.82 Å². The molecule has 2 aromatic rings. The van der Waals surface area contributed by atoms with Gasteiger partial charge in [-0.05, 0) is 42.5 Å². The Labute approximate surface area is 124 Å². The first-order valence-corrected chi connectivity index (χ1v) is 6.26. The molecule has 0 aromatic heterocycles. The molecule has 0 bridgehead atoms. The molecule has 0 saturated heterocycles. The largest absolute Gasteiger partial charge is 0.416 e. The van der Waals surface area contributed by atoms with Crippen LogP contribution in [0.15, 0.2) is 60.8 Å². The van der Waals surface area contributed by atoms with E-state index in [1.54, 1.807) is 0 Å². The zero-order valence-electron chi connectivity index (χ0n) is 11.2. The highest BCUT2D eigenvalue weighted by molar-refractivity contribution is 6.04. The number of nitrogens with one attached hydrogen (secondary N) is 1. The minimum absolute atomic E-state index is 0.206. The highest BCUT2D eigenvalue weighted by atomic mass is 19.4. The molecule has 2 aromatic carbocycles. The molecular weight excluding hydrogens is 298 g/mol. The van der Waals surface area contributed by atoms with E-state index >= 15 is 0 Å². The van der Waals surface area contributed by atoms with Crippen molar-refractivity contribution in [1.82, 2.24) is 0 Å². The first kappa shape index (κ1) is 15.8. The van der Waals surface area contributed by atoms with Crippen molar-refractivity contribution in [1.29, 1.82) is 0 Å². The maximum Gasteiger partial charge on any atom is 0.416 e. The highest BCUT2D eigenvalue weighted by Crippen LogP contribution is 2.30. The predicted molar refractivity (Wildman–Crippen MR) is 74.9 cm³/mol. The topological polar surface area (TPSA) is 29.1 Å². The average Bonchev–Trinajstić information content (AvgIpc) is 2.47. The minimum atomic E-state index is -4.43. The maximum absolute atomic E-state index is 12.7. The van der Waals surface area contributed by atoms with Crippen molar-refractivity contribution < 1.29 is 22.4 Å². The number of allylic oxidation sites excluding steroid dienone is 1. The molecule has 0 aliphatic rings. The summed E-state index contributed by atoms with van der Waals surface area (Å²) in [5, 5.41) is 2.59. The van der Waals surface area contributed by atoms with Gasteiger partial charge >= 0.3 is 6.18 Å². The number of carbonyl (C=O) groups excluding carboxylic acids is 1. The van der Waals surface area contributed by atoms with E-state index in [-0.39, 0.29) is 17.0 Å². The summed E-state index contributed by atoms with van der Waals surface area (Å²) in [6, 6.07) is 9.56. The van der Waals surface area contributed by atoms with Crippen molar-refractivity contribution in [2.75, 3.05) is 5.32 Å². The van der Waals surface area contributed by atoms with Gasteiger partial charge in [0, 0.05) is 23.5 Å². The van der Waals surface area contributed by atoms with E-state index in [0.29, 0.717) is 0 Å². The standard InChI is InChI=1S/C16H11F4NO/c17-13-6-4-11(5-7-13)15(22)8-9-21-14-3-1-2-12(10-14)16(18,19)20/h1-10,21H. The van der Waals surface area contributed by atoms with Crippen molar-refractivity contribution in [3.63, 3.8) is 0 Å². The van der Waals surface area contributed by atoms with E-state index in [1.165, 1.54) is 30.5 Å². The molecule has 0 atom stereocenters. The number of hydrogen-bond donors (Lipinski definition) is 1. The van der Waals surface area contributed by atoms with E-state index in [0.717, 1.165) is 30.3 Å². The molecule has 0 spiro atoms. The van der Waals surface area contributed by atoms with Gasteiger partial charge in [-0.1, -0.05) is 6.07 Å². The van der Waals surface area contributed by atoms with Gasteiger partial charge in [-0.25, -0.2) is 4.39 Å². The monoisotopic (exact) mass is 309 g/mol.